The quantitative estimate of drug-likeness (QED) is 0.403. The van der Waals surface area contributed by atoms with Crippen LogP contribution in [0.5, 0.6) is 0 Å². The molecule has 0 aliphatic rings. The van der Waals surface area contributed by atoms with Crippen molar-refractivity contribution in [3.63, 3.8) is 0 Å². The first-order valence-electron chi connectivity index (χ1n) is 0. The van der Waals surface area contributed by atoms with Crippen molar-refractivity contribution in [3.8, 4) is 0 Å². The van der Waals surface area contributed by atoms with Gasteiger partial charge >= 0.3 is 156 Å². The van der Waals surface area contributed by atoms with Crippen molar-refractivity contribution in [1.29, 1.82) is 0 Å². The third-order valence-corrected chi connectivity index (χ3v) is 0. The Hall–Kier alpha value is 5.43. The van der Waals surface area contributed by atoms with Gasteiger partial charge in [0, 0.05) is 0 Å². The summed E-state index contributed by atoms with van der Waals surface area (Å²) < 4.78 is 0. The van der Waals surface area contributed by atoms with Crippen molar-refractivity contribution in [3.05, 3.63) is 0 Å². The smallest absolute Gasteiger partial charge is 2.00 e. The summed E-state index contributed by atoms with van der Waals surface area (Å²) in [6.07, 6.45) is 0. The molecule has 0 rings (SSSR count). The van der Waals surface area contributed by atoms with Crippen molar-refractivity contribution >= 4 is 178 Å². The second kappa shape index (κ2) is 109. The van der Waals surface area contributed by atoms with Gasteiger partial charge in [-0.3, -0.25) is 0 Å². The SMILES string of the molecule is [Al+3].[Al+3].[Ca+2].[Ca+2].[H-].[H-].[H-].[H-].[H-].[H-].[H-].[H-].[Mg+2].[Mg+2].[O-2].[O-2].[O-2].[SiH4].[SiH4]. The van der Waals surface area contributed by atoms with Crippen LogP contribution in [0.1, 0.15) is 11.4 Å². The first-order valence-corrected chi connectivity index (χ1v) is 0. The van der Waals surface area contributed by atoms with Gasteiger partial charge in [0.15, 0.2) is 0 Å². The Bertz CT molecular complexity index is 44.0. The Morgan fingerprint density at radius 3 is 0.545 bits per heavy atom. The van der Waals surface area contributed by atoms with E-state index in [2.05, 4.69) is 0 Å². The fraction of sp³-hybridized carbons (Fsp3) is 0. The Balaban J connectivity index is 0. The molecule has 0 radical (unpaired) electrons. The van der Waals surface area contributed by atoms with Crippen LogP contribution in [-0.4, -0.2) is 178 Å². The summed E-state index contributed by atoms with van der Waals surface area (Å²) in [6, 6.07) is 0. The van der Waals surface area contributed by atoms with Gasteiger partial charge in [-0.15, -0.1) is 0 Å². The molecular weight excluding hydrogens is 287 g/mol. The summed E-state index contributed by atoms with van der Waals surface area (Å²) in [5.74, 6) is 0. The van der Waals surface area contributed by atoms with E-state index in [-0.39, 0.29) is 206 Å². The van der Waals surface area contributed by atoms with Crippen LogP contribution >= 0.6 is 0 Å². The molecule has 3 nitrogen and oxygen atoms in total. The molecular formula is H16Al2Ca2Mg2O3Si2. The molecule has 56 valence electrons. The zero-order chi connectivity index (χ0) is 0. The minimum absolute atomic E-state index is 0. The van der Waals surface area contributed by atoms with Gasteiger partial charge in [0.2, 0.25) is 0 Å². The van der Waals surface area contributed by atoms with Crippen molar-refractivity contribution < 1.29 is 27.8 Å². The second-order valence-corrected chi connectivity index (χ2v) is 0. The minimum atomic E-state index is 0. The Labute approximate surface area is 202 Å². The maximum atomic E-state index is 0. The van der Waals surface area contributed by atoms with Gasteiger partial charge in [0.25, 0.3) is 0 Å². The van der Waals surface area contributed by atoms with Gasteiger partial charge in [-0.25, -0.2) is 0 Å². The van der Waals surface area contributed by atoms with Crippen LogP contribution in [0.15, 0.2) is 0 Å². The molecule has 0 N–H and O–H groups in total. The minimum Gasteiger partial charge on any atom is -2.00 e. The molecule has 0 aromatic rings. The summed E-state index contributed by atoms with van der Waals surface area (Å²) >= 11 is 0. The van der Waals surface area contributed by atoms with E-state index in [1.165, 1.54) is 0 Å². The zero-order valence-electron chi connectivity index (χ0n) is 13.2. The largest absolute Gasteiger partial charge is 3.00 e. The summed E-state index contributed by atoms with van der Waals surface area (Å²) in [4.78, 5) is 0. The van der Waals surface area contributed by atoms with Gasteiger partial charge in [-0.05, 0) is 21.9 Å². The third-order valence-electron chi connectivity index (χ3n) is 0. The molecule has 0 unspecified atom stereocenters. The van der Waals surface area contributed by atoms with Crippen LogP contribution in [0.2, 0.25) is 0 Å². The molecule has 0 aromatic carbocycles. The summed E-state index contributed by atoms with van der Waals surface area (Å²) in [6.45, 7) is 0. The number of hydrogen-bond acceptors (Lipinski definition) is 0. The summed E-state index contributed by atoms with van der Waals surface area (Å²) in [5.41, 5.74) is 0. The second-order valence-electron chi connectivity index (χ2n) is 0. The first-order chi connectivity index (χ1) is 0. The molecule has 0 heterocycles. The Kier molecular flexibility index (Phi) is 1310. The monoisotopic (exact) mass is 302 g/mol. The topological polar surface area (TPSA) is 85.5 Å². The van der Waals surface area contributed by atoms with E-state index < -0.39 is 0 Å². The van der Waals surface area contributed by atoms with E-state index in [0.29, 0.717) is 0 Å². The third kappa shape index (κ3) is 94.4. The summed E-state index contributed by atoms with van der Waals surface area (Å²) in [5, 5.41) is 0. The van der Waals surface area contributed by atoms with E-state index in [4.69, 9.17) is 0 Å². The van der Waals surface area contributed by atoms with Crippen molar-refractivity contribution in [2.24, 2.45) is 0 Å². The van der Waals surface area contributed by atoms with E-state index in [1.54, 1.807) is 0 Å². The predicted octanol–water partition coefficient (Wildman–Crippen LogP) is -4.64. The number of hydrogen-bond donors (Lipinski definition) is 0. The van der Waals surface area contributed by atoms with Crippen molar-refractivity contribution in [2.75, 3.05) is 0 Å². The van der Waals surface area contributed by atoms with Gasteiger partial charge < -0.3 is 27.8 Å². The van der Waals surface area contributed by atoms with Crippen LogP contribution in [0.25, 0.3) is 0 Å². The first kappa shape index (κ1) is 133. The zero-order valence-corrected chi connectivity index (χ0v) is 14.8. The molecule has 0 amide bonds. The standard InChI is InChI=1S/2Al.2Ca.2Mg.3O.2H4Si.8H/h;;;;;;;;;2*1H4;;;;;;;;/q2*+3;4*+2;3*-2;;;8*-1. The fourth-order valence-electron chi connectivity index (χ4n) is 0. The molecule has 0 aliphatic carbocycles. The van der Waals surface area contributed by atoms with Gasteiger partial charge in [0.1, 0.15) is 0 Å². The van der Waals surface area contributed by atoms with Gasteiger partial charge in [0.05, 0.1) is 0 Å². The molecule has 0 fully saturated rings. The van der Waals surface area contributed by atoms with Crippen molar-refractivity contribution in [2.45, 2.75) is 0 Å². The van der Waals surface area contributed by atoms with Crippen LogP contribution in [-0.2, 0) is 16.4 Å². The fourth-order valence-corrected chi connectivity index (χ4v) is 0. The van der Waals surface area contributed by atoms with Crippen LogP contribution in [0, 0.1) is 0 Å². The van der Waals surface area contributed by atoms with Gasteiger partial charge in [-0.2, -0.15) is 0 Å². The molecule has 0 bridgehead atoms. The maximum absolute atomic E-state index is 0. The van der Waals surface area contributed by atoms with E-state index >= 15 is 0 Å². The molecule has 11 heavy (non-hydrogen) atoms. The van der Waals surface area contributed by atoms with E-state index in [1.807, 2.05) is 0 Å². The molecule has 0 saturated heterocycles. The van der Waals surface area contributed by atoms with E-state index in [0.717, 1.165) is 0 Å². The predicted molar refractivity (Wildman–Crippen MR) is 68.1 cm³/mol. The maximum Gasteiger partial charge on any atom is 3.00 e. The Morgan fingerprint density at radius 2 is 0.545 bits per heavy atom. The normalized spacial score (nSPS) is 0. The Morgan fingerprint density at radius 1 is 0.545 bits per heavy atom. The van der Waals surface area contributed by atoms with Crippen LogP contribution in [0.3, 0.4) is 0 Å². The van der Waals surface area contributed by atoms with Gasteiger partial charge in [-0.1, -0.05) is 0 Å². The number of rotatable bonds is 0. The van der Waals surface area contributed by atoms with E-state index in [9.17, 15) is 0 Å². The average molecular weight is 303 g/mol. The van der Waals surface area contributed by atoms with Crippen LogP contribution < -0.4 is 0 Å². The summed E-state index contributed by atoms with van der Waals surface area (Å²) in [7, 11) is 0. The molecule has 0 atom stereocenters. The average Bonchev–Trinajstić information content (AvgIpc) is 0. The molecule has 11 heteroatoms. The molecule has 0 aromatic heterocycles. The molecule has 0 saturated carbocycles. The van der Waals surface area contributed by atoms with Crippen molar-refractivity contribution in [1.82, 2.24) is 0 Å². The van der Waals surface area contributed by atoms with Crippen LogP contribution in [0.4, 0.5) is 0 Å². The molecule has 0 aliphatic heterocycles. The molecule has 0 spiro atoms.